The average Bonchev–Trinajstić information content (AvgIpc) is 2.58. The highest BCUT2D eigenvalue weighted by atomic mass is 16.4. The van der Waals surface area contributed by atoms with Gasteiger partial charge in [-0.3, -0.25) is 9.59 Å². The van der Waals surface area contributed by atoms with Crippen molar-refractivity contribution in [3.05, 3.63) is 0 Å². The molecule has 0 aromatic heterocycles. The van der Waals surface area contributed by atoms with Gasteiger partial charge in [-0.2, -0.15) is 0 Å². The quantitative estimate of drug-likeness (QED) is 0.576. The van der Waals surface area contributed by atoms with E-state index in [0.29, 0.717) is 12.8 Å². The molecule has 0 aliphatic heterocycles. The monoisotopic (exact) mass is 199 g/mol. The molecule has 0 aromatic rings. The summed E-state index contributed by atoms with van der Waals surface area (Å²) in [5, 5.41) is 17.9. The third-order valence-corrected chi connectivity index (χ3v) is 3.83. The molecule has 5 nitrogen and oxygen atoms in total. The molecule has 0 aromatic carbocycles. The Labute approximate surface area is 80.9 Å². The second kappa shape index (κ2) is 2.70. The first-order valence-electron chi connectivity index (χ1n) is 4.73. The van der Waals surface area contributed by atoms with Crippen LogP contribution in [0.4, 0.5) is 0 Å². The van der Waals surface area contributed by atoms with Crippen LogP contribution in [-0.4, -0.2) is 27.7 Å². The second-order valence-corrected chi connectivity index (χ2v) is 4.30. The number of fused-ring (bicyclic) bond motifs is 2. The fourth-order valence-electron chi connectivity index (χ4n) is 3.09. The Hall–Kier alpha value is -1.10. The highest BCUT2D eigenvalue weighted by Gasteiger charge is 2.63. The SMILES string of the molecule is N[C@@]1(C(=O)O)[C@@H]2CC[C@H]1[C@@H](C(=O)O)C2. The highest BCUT2D eigenvalue weighted by Crippen LogP contribution is 2.54. The van der Waals surface area contributed by atoms with Gasteiger partial charge >= 0.3 is 11.9 Å². The smallest absolute Gasteiger partial charge is 0.324 e. The van der Waals surface area contributed by atoms with Gasteiger partial charge in [0, 0.05) is 5.92 Å². The largest absolute Gasteiger partial charge is 0.481 e. The van der Waals surface area contributed by atoms with Gasteiger partial charge < -0.3 is 15.9 Å². The van der Waals surface area contributed by atoms with Crippen LogP contribution in [0.5, 0.6) is 0 Å². The van der Waals surface area contributed by atoms with Crippen LogP contribution < -0.4 is 5.73 Å². The Morgan fingerprint density at radius 1 is 1.29 bits per heavy atom. The molecule has 0 saturated heterocycles. The van der Waals surface area contributed by atoms with Crippen LogP contribution >= 0.6 is 0 Å². The lowest BCUT2D eigenvalue weighted by molar-refractivity contribution is -0.147. The molecule has 78 valence electrons. The fourth-order valence-corrected chi connectivity index (χ4v) is 3.09. The van der Waals surface area contributed by atoms with E-state index in [0.717, 1.165) is 6.42 Å². The van der Waals surface area contributed by atoms with Crippen molar-refractivity contribution in [3.8, 4) is 0 Å². The predicted octanol–water partition coefficient (Wildman–Crippen LogP) is -0.101. The molecule has 4 atom stereocenters. The lowest BCUT2D eigenvalue weighted by Crippen LogP contribution is -2.53. The summed E-state index contributed by atoms with van der Waals surface area (Å²) in [6, 6.07) is 0. The number of nitrogens with two attached hydrogens (primary N) is 1. The van der Waals surface area contributed by atoms with Crippen LogP contribution in [0, 0.1) is 17.8 Å². The van der Waals surface area contributed by atoms with Gasteiger partial charge in [0.05, 0.1) is 5.92 Å². The standard InChI is InChI=1S/C9H13NO4/c10-9(8(13)14)4-1-2-6(9)5(3-4)7(11)12/h4-6H,1-3,10H2,(H,11,12)(H,13,14)/t4-,5+,6+,9+/m1/s1. The maximum Gasteiger partial charge on any atom is 0.324 e. The van der Waals surface area contributed by atoms with Crippen LogP contribution in [0.25, 0.3) is 0 Å². The van der Waals surface area contributed by atoms with Crippen molar-refractivity contribution in [2.75, 3.05) is 0 Å². The second-order valence-electron chi connectivity index (χ2n) is 4.30. The van der Waals surface area contributed by atoms with E-state index in [1.807, 2.05) is 0 Å². The van der Waals surface area contributed by atoms with Crippen LogP contribution in [0.1, 0.15) is 19.3 Å². The van der Waals surface area contributed by atoms with Gasteiger partial charge in [-0.1, -0.05) is 0 Å². The van der Waals surface area contributed by atoms with E-state index in [4.69, 9.17) is 15.9 Å². The molecule has 2 aliphatic carbocycles. The zero-order valence-electron chi connectivity index (χ0n) is 7.64. The van der Waals surface area contributed by atoms with Crippen molar-refractivity contribution >= 4 is 11.9 Å². The molecule has 0 radical (unpaired) electrons. The zero-order valence-corrected chi connectivity index (χ0v) is 7.64. The Bertz CT molecular complexity index is 303. The molecule has 14 heavy (non-hydrogen) atoms. The molecule has 2 saturated carbocycles. The van der Waals surface area contributed by atoms with Gasteiger partial charge in [-0.25, -0.2) is 0 Å². The maximum absolute atomic E-state index is 11.0. The van der Waals surface area contributed by atoms with Crippen molar-refractivity contribution in [1.82, 2.24) is 0 Å². The van der Waals surface area contributed by atoms with Gasteiger partial charge in [0.25, 0.3) is 0 Å². The molecule has 2 bridgehead atoms. The molecule has 2 aliphatic rings. The molecule has 0 unspecified atom stereocenters. The van der Waals surface area contributed by atoms with Gasteiger partial charge in [0.15, 0.2) is 0 Å². The fraction of sp³-hybridized carbons (Fsp3) is 0.778. The minimum atomic E-state index is -1.29. The number of aliphatic carboxylic acids is 2. The van der Waals surface area contributed by atoms with Gasteiger partial charge in [0.2, 0.25) is 0 Å². The van der Waals surface area contributed by atoms with E-state index in [1.54, 1.807) is 0 Å². The lowest BCUT2D eigenvalue weighted by Gasteiger charge is -2.24. The Morgan fingerprint density at radius 3 is 2.29 bits per heavy atom. The predicted molar refractivity (Wildman–Crippen MR) is 46.5 cm³/mol. The molecule has 2 rings (SSSR count). The van der Waals surface area contributed by atoms with Crippen LogP contribution in [0.3, 0.4) is 0 Å². The van der Waals surface area contributed by atoms with E-state index in [2.05, 4.69) is 0 Å². The summed E-state index contributed by atoms with van der Waals surface area (Å²) in [5.74, 6) is -3.06. The number of hydrogen-bond donors (Lipinski definition) is 3. The first-order valence-corrected chi connectivity index (χ1v) is 4.73. The number of carboxylic acids is 2. The Kier molecular flexibility index (Phi) is 1.82. The third-order valence-electron chi connectivity index (χ3n) is 3.83. The minimum Gasteiger partial charge on any atom is -0.481 e. The van der Waals surface area contributed by atoms with Crippen LogP contribution in [0.2, 0.25) is 0 Å². The summed E-state index contributed by atoms with van der Waals surface area (Å²) < 4.78 is 0. The summed E-state index contributed by atoms with van der Waals surface area (Å²) in [6.07, 6.45) is 1.80. The third kappa shape index (κ3) is 0.930. The molecule has 2 fully saturated rings. The molecule has 5 heteroatoms. The average molecular weight is 199 g/mol. The van der Waals surface area contributed by atoms with E-state index in [1.165, 1.54) is 0 Å². The van der Waals surface area contributed by atoms with E-state index < -0.39 is 23.4 Å². The Morgan fingerprint density at radius 2 is 1.93 bits per heavy atom. The molecular weight excluding hydrogens is 186 g/mol. The summed E-state index contributed by atoms with van der Waals surface area (Å²) in [7, 11) is 0. The topological polar surface area (TPSA) is 101 Å². The highest BCUT2D eigenvalue weighted by molar-refractivity contribution is 5.83. The van der Waals surface area contributed by atoms with E-state index >= 15 is 0 Å². The van der Waals surface area contributed by atoms with Crippen molar-refractivity contribution < 1.29 is 19.8 Å². The van der Waals surface area contributed by atoms with Gasteiger partial charge in [0.1, 0.15) is 5.54 Å². The molecular formula is C9H13NO4. The first-order chi connectivity index (χ1) is 6.48. The van der Waals surface area contributed by atoms with Crippen molar-refractivity contribution in [1.29, 1.82) is 0 Å². The summed E-state index contributed by atoms with van der Waals surface area (Å²) >= 11 is 0. The summed E-state index contributed by atoms with van der Waals surface area (Å²) in [4.78, 5) is 21.9. The zero-order chi connectivity index (χ0) is 10.5. The Balaban J connectivity index is 2.32. The lowest BCUT2D eigenvalue weighted by atomic mass is 9.85. The first kappa shape index (κ1) is 9.45. The number of rotatable bonds is 2. The number of hydrogen-bond acceptors (Lipinski definition) is 3. The van der Waals surface area contributed by atoms with Crippen LogP contribution in [0.15, 0.2) is 0 Å². The summed E-state index contributed by atoms with van der Waals surface area (Å²) in [6.45, 7) is 0. The van der Waals surface area contributed by atoms with E-state index in [-0.39, 0.29) is 11.8 Å². The van der Waals surface area contributed by atoms with Gasteiger partial charge in [-0.15, -0.1) is 0 Å². The minimum absolute atomic E-state index is 0.161. The van der Waals surface area contributed by atoms with Crippen molar-refractivity contribution in [2.45, 2.75) is 24.8 Å². The molecule has 4 N–H and O–H groups in total. The number of carboxylic acid groups (broad SMARTS) is 2. The maximum atomic E-state index is 11.0. The van der Waals surface area contributed by atoms with Crippen molar-refractivity contribution in [3.63, 3.8) is 0 Å². The molecule has 0 spiro atoms. The molecule has 0 amide bonds. The number of carbonyl (C=O) groups is 2. The van der Waals surface area contributed by atoms with Crippen molar-refractivity contribution in [2.24, 2.45) is 23.5 Å². The van der Waals surface area contributed by atoms with Gasteiger partial charge in [-0.05, 0) is 25.2 Å². The van der Waals surface area contributed by atoms with E-state index in [9.17, 15) is 9.59 Å². The summed E-state index contributed by atoms with van der Waals surface area (Å²) in [5.41, 5.74) is 4.53. The normalized spacial score (nSPS) is 45.4. The van der Waals surface area contributed by atoms with Crippen LogP contribution in [-0.2, 0) is 9.59 Å². The molecule has 0 heterocycles.